The van der Waals surface area contributed by atoms with Crippen LogP contribution >= 0.6 is 0 Å². The minimum atomic E-state index is -0.307. The quantitative estimate of drug-likeness (QED) is 0.0720. The van der Waals surface area contributed by atoms with Gasteiger partial charge in [-0.3, -0.25) is 0 Å². The number of carbonyl (C=O) groups is 2. The number of unbranched alkanes of at least 4 members (excludes halogenated alkanes) is 15. The Morgan fingerprint density at radius 3 is 1.14 bits per heavy atom. The van der Waals surface area contributed by atoms with E-state index in [-0.39, 0.29) is 11.9 Å². The summed E-state index contributed by atoms with van der Waals surface area (Å²) in [6.45, 7) is 9.57. The topological polar surface area (TPSA) is 52.6 Å². The van der Waals surface area contributed by atoms with Crippen LogP contribution in [0, 0.1) is 0 Å². The fourth-order valence-corrected chi connectivity index (χ4v) is 4.35. The lowest BCUT2D eigenvalue weighted by molar-refractivity contribution is -0.142. The zero-order chi connectivity index (χ0) is 26.0. The molecule has 0 rings (SSSR count). The lowest BCUT2D eigenvalue weighted by Crippen LogP contribution is -2.18. The number of carbonyl (C=O) groups excluding carboxylic acids is 2. The highest BCUT2D eigenvalue weighted by Gasteiger charge is 2.22. The molecular formula is C31H58O4. The molecule has 0 N–H and O–H groups in total. The second-order valence-electron chi connectivity index (χ2n) is 10.0. The van der Waals surface area contributed by atoms with Crippen LogP contribution in [0.15, 0.2) is 11.1 Å². The molecule has 0 fully saturated rings. The summed E-state index contributed by atoms with van der Waals surface area (Å²) in [6, 6.07) is 0. The van der Waals surface area contributed by atoms with Crippen molar-refractivity contribution in [3.05, 3.63) is 11.1 Å². The summed E-state index contributed by atoms with van der Waals surface area (Å²) in [5, 5.41) is 0. The van der Waals surface area contributed by atoms with Crippen LogP contribution in [0.5, 0.6) is 0 Å². The Labute approximate surface area is 218 Å². The molecule has 206 valence electrons. The predicted octanol–water partition coefficient (Wildman–Crippen LogP) is 9.64. The molecule has 35 heavy (non-hydrogen) atoms. The Morgan fingerprint density at radius 2 is 0.743 bits per heavy atom. The molecule has 0 heterocycles. The lowest BCUT2D eigenvalue weighted by atomic mass is 9.97. The first kappa shape index (κ1) is 33.7. The van der Waals surface area contributed by atoms with Gasteiger partial charge in [0, 0.05) is 11.1 Å². The van der Waals surface area contributed by atoms with E-state index in [1.807, 2.05) is 6.92 Å². The normalized spacial score (nSPS) is 11.9. The number of rotatable bonds is 25. The van der Waals surface area contributed by atoms with Gasteiger partial charge in [0.15, 0.2) is 0 Å². The summed E-state index contributed by atoms with van der Waals surface area (Å²) in [7, 11) is 0. The van der Waals surface area contributed by atoms with Gasteiger partial charge in [-0.2, -0.15) is 0 Å². The van der Waals surface area contributed by atoms with Gasteiger partial charge in [0.05, 0.1) is 13.2 Å². The van der Waals surface area contributed by atoms with E-state index in [0.717, 1.165) is 44.9 Å². The third-order valence-electron chi connectivity index (χ3n) is 6.60. The first-order valence-electron chi connectivity index (χ1n) is 15.2. The summed E-state index contributed by atoms with van der Waals surface area (Å²) in [4.78, 5) is 26.0. The molecule has 4 nitrogen and oxygen atoms in total. The Bertz CT molecular complexity index is 538. The van der Waals surface area contributed by atoms with E-state index in [9.17, 15) is 9.59 Å². The zero-order valence-electron chi connectivity index (χ0n) is 23.9. The van der Waals surface area contributed by atoms with Crippen LogP contribution in [0.2, 0.25) is 0 Å². The predicted molar refractivity (Wildman–Crippen MR) is 149 cm³/mol. The first-order valence-corrected chi connectivity index (χ1v) is 15.2. The lowest BCUT2D eigenvalue weighted by Gasteiger charge is -2.15. The van der Waals surface area contributed by atoms with Crippen LogP contribution in [-0.2, 0) is 19.1 Å². The maximum atomic E-state index is 13.1. The SMILES string of the molecule is CCCCCCCCOC(=O)C(CCC)=C(CCCCCCCC)C(=O)OCCCCCCCC. The van der Waals surface area contributed by atoms with Crippen LogP contribution in [0.1, 0.15) is 163 Å². The molecule has 4 heteroatoms. The van der Waals surface area contributed by atoms with Crippen LogP contribution in [0.25, 0.3) is 0 Å². The molecule has 0 aliphatic heterocycles. The summed E-state index contributed by atoms with van der Waals surface area (Å²) < 4.78 is 11.3. The van der Waals surface area contributed by atoms with Crippen molar-refractivity contribution in [2.24, 2.45) is 0 Å². The molecular weight excluding hydrogens is 436 g/mol. The van der Waals surface area contributed by atoms with Gasteiger partial charge in [-0.1, -0.05) is 130 Å². The molecule has 0 saturated carbocycles. The number of hydrogen-bond acceptors (Lipinski definition) is 4. The van der Waals surface area contributed by atoms with Gasteiger partial charge in [0.2, 0.25) is 0 Å². The fourth-order valence-electron chi connectivity index (χ4n) is 4.35. The van der Waals surface area contributed by atoms with Gasteiger partial charge < -0.3 is 9.47 Å². The van der Waals surface area contributed by atoms with E-state index in [1.54, 1.807) is 0 Å². The van der Waals surface area contributed by atoms with E-state index in [0.29, 0.717) is 37.2 Å². The van der Waals surface area contributed by atoms with Gasteiger partial charge in [0.1, 0.15) is 0 Å². The molecule has 0 unspecified atom stereocenters. The Morgan fingerprint density at radius 1 is 0.400 bits per heavy atom. The van der Waals surface area contributed by atoms with E-state index >= 15 is 0 Å². The molecule has 0 amide bonds. The highest BCUT2D eigenvalue weighted by Crippen LogP contribution is 2.22. The average molecular weight is 495 g/mol. The highest BCUT2D eigenvalue weighted by molar-refractivity contribution is 6.00. The average Bonchev–Trinajstić information content (AvgIpc) is 2.86. The second kappa shape index (κ2) is 25.8. The largest absolute Gasteiger partial charge is 0.462 e. The van der Waals surface area contributed by atoms with E-state index < -0.39 is 0 Å². The third kappa shape index (κ3) is 19.5. The van der Waals surface area contributed by atoms with Gasteiger partial charge in [-0.25, -0.2) is 9.59 Å². The monoisotopic (exact) mass is 494 g/mol. The van der Waals surface area contributed by atoms with Crippen LogP contribution in [-0.4, -0.2) is 25.2 Å². The summed E-state index contributed by atoms with van der Waals surface area (Å²) in [6.07, 6.45) is 22.8. The van der Waals surface area contributed by atoms with Gasteiger partial charge in [-0.05, 0) is 32.1 Å². The molecule has 0 aromatic heterocycles. The molecule has 0 spiro atoms. The number of hydrogen-bond donors (Lipinski definition) is 0. The molecule has 0 aromatic rings. The van der Waals surface area contributed by atoms with Crippen molar-refractivity contribution in [2.45, 2.75) is 163 Å². The van der Waals surface area contributed by atoms with E-state index in [1.165, 1.54) is 77.0 Å². The van der Waals surface area contributed by atoms with Crippen molar-refractivity contribution in [3.63, 3.8) is 0 Å². The molecule has 0 saturated heterocycles. The first-order chi connectivity index (χ1) is 17.1. The van der Waals surface area contributed by atoms with Gasteiger partial charge >= 0.3 is 11.9 Å². The highest BCUT2D eigenvalue weighted by atomic mass is 16.5. The van der Waals surface area contributed by atoms with Crippen molar-refractivity contribution in [3.8, 4) is 0 Å². The number of esters is 2. The van der Waals surface area contributed by atoms with Crippen LogP contribution < -0.4 is 0 Å². The standard InChI is InChI=1S/C31H58O4/c1-5-9-12-15-18-21-25-29(31(33)35-27-23-20-17-14-11-7-3)28(24-8-4)30(32)34-26-22-19-16-13-10-6-2/h5-27H2,1-4H3. The van der Waals surface area contributed by atoms with Crippen molar-refractivity contribution in [1.29, 1.82) is 0 Å². The van der Waals surface area contributed by atoms with Crippen molar-refractivity contribution < 1.29 is 19.1 Å². The van der Waals surface area contributed by atoms with Crippen LogP contribution in [0.3, 0.4) is 0 Å². The van der Waals surface area contributed by atoms with Crippen molar-refractivity contribution >= 4 is 11.9 Å². The Balaban J connectivity index is 4.94. The van der Waals surface area contributed by atoms with Gasteiger partial charge in [-0.15, -0.1) is 0 Å². The van der Waals surface area contributed by atoms with E-state index in [2.05, 4.69) is 20.8 Å². The maximum Gasteiger partial charge on any atom is 0.334 e. The van der Waals surface area contributed by atoms with Gasteiger partial charge in [0.25, 0.3) is 0 Å². The minimum absolute atomic E-state index is 0.299. The van der Waals surface area contributed by atoms with E-state index in [4.69, 9.17) is 9.47 Å². The third-order valence-corrected chi connectivity index (χ3v) is 6.60. The van der Waals surface area contributed by atoms with Crippen molar-refractivity contribution in [2.75, 3.05) is 13.2 Å². The summed E-state index contributed by atoms with van der Waals surface area (Å²) >= 11 is 0. The summed E-state index contributed by atoms with van der Waals surface area (Å²) in [5.41, 5.74) is 1.13. The molecule has 0 aromatic carbocycles. The minimum Gasteiger partial charge on any atom is -0.462 e. The maximum absolute atomic E-state index is 13.1. The molecule has 0 aliphatic carbocycles. The Kier molecular flexibility index (Phi) is 24.8. The fraction of sp³-hybridized carbons (Fsp3) is 0.871. The smallest absolute Gasteiger partial charge is 0.334 e. The zero-order valence-corrected chi connectivity index (χ0v) is 23.9. The summed E-state index contributed by atoms with van der Waals surface area (Å²) in [5.74, 6) is -0.606. The molecule has 0 atom stereocenters. The molecule has 0 radical (unpaired) electrons. The molecule has 0 aliphatic rings. The second-order valence-corrected chi connectivity index (χ2v) is 10.0. The molecule has 0 bridgehead atoms. The number of ether oxygens (including phenoxy) is 2. The van der Waals surface area contributed by atoms with Crippen LogP contribution in [0.4, 0.5) is 0 Å². The van der Waals surface area contributed by atoms with Crippen molar-refractivity contribution in [1.82, 2.24) is 0 Å². The Hall–Kier alpha value is -1.32.